The van der Waals surface area contributed by atoms with E-state index >= 15 is 0 Å². The number of ether oxygens (including phenoxy) is 1. The first-order valence-electron chi connectivity index (χ1n) is 10.1. The molecule has 1 aliphatic heterocycles. The zero-order valence-corrected chi connectivity index (χ0v) is 17.7. The lowest BCUT2D eigenvalue weighted by molar-refractivity contribution is 0.0558. The standard InChI is InChI=1S/C20H36Cl2N2O/c1-4-25-20(23)17(6-5-9-21)18-11-16(7-8-19(18)22)24-12-14(2)10-15(3)13-24/h14-19,23H,4-13H2,1-3H3/t14?,15?,16?,17?,18-,19?/m1/s1. The van der Waals surface area contributed by atoms with Crippen molar-refractivity contribution in [3.8, 4) is 0 Å². The molecule has 1 saturated carbocycles. The summed E-state index contributed by atoms with van der Waals surface area (Å²) in [6, 6.07) is 0.609. The number of nitrogens with zero attached hydrogens (tertiary/aromatic N) is 1. The van der Waals surface area contributed by atoms with Crippen molar-refractivity contribution in [3.05, 3.63) is 0 Å². The van der Waals surface area contributed by atoms with Crippen LogP contribution in [0.25, 0.3) is 0 Å². The van der Waals surface area contributed by atoms with Crippen LogP contribution in [0.15, 0.2) is 0 Å². The van der Waals surface area contributed by atoms with E-state index in [1.807, 2.05) is 6.92 Å². The van der Waals surface area contributed by atoms with E-state index in [2.05, 4.69) is 18.7 Å². The second-order valence-electron chi connectivity index (χ2n) is 8.28. The summed E-state index contributed by atoms with van der Waals surface area (Å²) in [5, 5.41) is 8.54. The minimum atomic E-state index is 0.114. The maximum atomic E-state index is 8.39. The quantitative estimate of drug-likeness (QED) is 0.359. The number of hydrogen-bond acceptors (Lipinski definition) is 3. The summed E-state index contributed by atoms with van der Waals surface area (Å²) in [6.07, 6.45) is 6.51. The first-order valence-corrected chi connectivity index (χ1v) is 11.1. The predicted molar refractivity (Wildman–Crippen MR) is 108 cm³/mol. The lowest BCUT2D eigenvalue weighted by atomic mass is 9.74. The molecule has 0 aromatic heterocycles. The van der Waals surface area contributed by atoms with Crippen LogP contribution in [0.1, 0.15) is 59.3 Å². The normalized spacial score (nSPS) is 35.3. The van der Waals surface area contributed by atoms with E-state index in [1.165, 1.54) is 25.9 Å². The Labute approximate surface area is 164 Å². The van der Waals surface area contributed by atoms with Gasteiger partial charge in [0.2, 0.25) is 0 Å². The molecule has 3 nitrogen and oxygen atoms in total. The molecule has 1 aliphatic carbocycles. The Hall–Kier alpha value is 0.01000. The fourth-order valence-corrected chi connectivity index (χ4v) is 5.56. The van der Waals surface area contributed by atoms with Gasteiger partial charge in [0.25, 0.3) is 0 Å². The number of nitrogens with one attached hydrogen (secondary N) is 1. The van der Waals surface area contributed by atoms with Crippen LogP contribution in [-0.2, 0) is 4.74 Å². The molecule has 1 heterocycles. The third kappa shape index (κ3) is 6.01. The molecule has 1 N–H and O–H groups in total. The Kier molecular flexibility index (Phi) is 8.84. The SMILES string of the molecule is CCOC(=N)C(CCCCl)[C@H]1CC(N2CC(C)CC(C)C2)CCC1Cl. The number of rotatable bonds is 7. The van der Waals surface area contributed by atoms with Crippen LogP contribution < -0.4 is 0 Å². The van der Waals surface area contributed by atoms with Crippen molar-refractivity contribution in [3.63, 3.8) is 0 Å². The van der Waals surface area contributed by atoms with Crippen molar-refractivity contribution in [2.75, 3.05) is 25.6 Å². The van der Waals surface area contributed by atoms with Gasteiger partial charge in [0.15, 0.2) is 5.90 Å². The van der Waals surface area contributed by atoms with E-state index in [1.54, 1.807) is 0 Å². The van der Waals surface area contributed by atoms with Crippen LogP contribution in [0, 0.1) is 29.1 Å². The summed E-state index contributed by atoms with van der Waals surface area (Å²) >= 11 is 12.7. The number of likely N-dealkylation sites (tertiary alicyclic amines) is 1. The number of halogens is 2. The second-order valence-corrected chi connectivity index (χ2v) is 9.22. The molecule has 5 heteroatoms. The maximum Gasteiger partial charge on any atom is 0.183 e. The van der Waals surface area contributed by atoms with Gasteiger partial charge in [-0.2, -0.15) is 0 Å². The molecule has 0 spiro atoms. The predicted octanol–water partition coefficient (Wildman–Crippen LogP) is 5.39. The minimum absolute atomic E-state index is 0.114. The van der Waals surface area contributed by atoms with E-state index in [4.69, 9.17) is 33.3 Å². The van der Waals surface area contributed by atoms with Crippen molar-refractivity contribution in [1.82, 2.24) is 4.90 Å². The highest BCUT2D eigenvalue weighted by atomic mass is 35.5. The molecule has 2 aliphatic rings. The molecule has 0 radical (unpaired) electrons. The highest BCUT2D eigenvalue weighted by Crippen LogP contribution is 2.40. The van der Waals surface area contributed by atoms with Crippen molar-refractivity contribution in [2.24, 2.45) is 23.7 Å². The maximum absolute atomic E-state index is 8.39. The monoisotopic (exact) mass is 390 g/mol. The van der Waals surface area contributed by atoms with E-state index in [-0.39, 0.29) is 11.3 Å². The first kappa shape index (κ1) is 21.3. The van der Waals surface area contributed by atoms with Crippen LogP contribution >= 0.6 is 23.2 Å². The van der Waals surface area contributed by atoms with E-state index in [9.17, 15) is 0 Å². The molecule has 5 unspecified atom stereocenters. The van der Waals surface area contributed by atoms with Crippen LogP contribution in [0.5, 0.6) is 0 Å². The van der Waals surface area contributed by atoms with Crippen molar-refractivity contribution in [1.29, 1.82) is 5.41 Å². The smallest absolute Gasteiger partial charge is 0.183 e. The number of piperidine rings is 1. The summed E-state index contributed by atoms with van der Waals surface area (Å²) < 4.78 is 5.59. The van der Waals surface area contributed by atoms with Crippen LogP contribution in [0.3, 0.4) is 0 Å². The molecule has 0 aromatic carbocycles. The van der Waals surface area contributed by atoms with Gasteiger partial charge in [0, 0.05) is 36.3 Å². The lowest BCUT2D eigenvalue weighted by Gasteiger charge is -2.46. The molecule has 25 heavy (non-hydrogen) atoms. The van der Waals surface area contributed by atoms with Gasteiger partial charge in [0.05, 0.1) is 6.61 Å². The molecule has 146 valence electrons. The van der Waals surface area contributed by atoms with E-state index < -0.39 is 0 Å². The van der Waals surface area contributed by atoms with Crippen molar-refractivity contribution in [2.45, 2.75) is 70.7 Å². The average molecular weight is 391 g/mol. The Bertz CT molecular complexity index is 411. The molecule has 0 amide bonds. The van der Waals surface area contributed by atoms with Crippen LogP contribution in [0.4, 0.5) is 0 Å². The highest BCUT2D eigenvalue weighted by Gasteiger charge is 2.40. The summed E-state index contributed by atoms with van der Waals surface area (Å²) in [5.41, 5.74) is 0. The van der Waals surface area contributed by atoms with Gasteiger partial charge < -0.3 is 4.74 Å². The Balaban J connectivity index is 2.07. The summed E-state index contributed by atoms with van der Waals surface area (Å²) in [4.78, 5) is 2.71. The van der Waals surface area contributed by atoms with Gasteiger partial charge in [-0.05, 0) is 63.2 Å². The number of alkyl halides is 2. The summed E-state index contributed by atoms with van der Waals surface area (Å²) in [5.74, 6) is 3.07. The second kappa shape index (κ2) is 10.4. The summed E-state index contributed by atoms with van der Waals surface area (Å²) in [7, 11) is 0. The molecule has 2 rings (SSSR count). The molecule has 6 atom stereocenters. The third-order valence-electron chi connectivity index (χ3n) is 6.00. The minimum Gasteiger partial charge on any atom is -0.481 e. The molecular weight excluding hydrogens is 355 g/mol. The van der Waals surface area contributed by atoms with Gasteiger partial charge in [-0.3, -0.25) is 10.3 Å². The van der Waals surface area contributed by atoms with Gasteiger partial charge in [-0.1, -0.05) is 13.8 Å². The fourth-order valence-electron chi connectivity index (χ4n) is 5.00. The lowest BCUT2D eigenvalue weighted by Crippen LogP contribution is -2.49. The van der Waals surface area contributed by atoms with Crippen molar-refractivity contribution < 1.29 is 4.74 Å². The Morgan fingerprint density at radius 3 is 2.48 bits per heavy atom. The van der Waals surface area contributed by atoms with E-state index in [0.29, 0.717) is 30.3 Å². The largest absolute Gasteiger partial charge is 0.481 e. The topological polar surface area (TPSA) is 36.3 Å². The molecular formula is C20H36Cl2N2O. The first-order chi connectivity index (χ1) is 12.0. The summed E-state index contributed by atoms with van der Waals surface area (Å²) in [6.45, 7) is 9.68. The molecule has 0 bridgehead atoms. The van der Waals surface area contributed by atoms with Crippen LogP contribution in [0.2, 0.25) is 0 Å². The van der Waals surface area contributed by atoms with Crippen molar-refractivity contribution >= 4 is 29.1 Å². The van der Waals surface area contributed by atoms with Gasteiger partial charge in [-0.15, -0.1) is 23.2 Å². The van der Waals surface area contributed by atoms with Gasteiger partial charge in [-0.25, -0.2) is 0 Å². The van der Waals surface area contributed by atoms with Gasteiger partial charge in [0.1, 0.15) is 0 Å². The fraction of sp³-hybridized carbons (Fsp3) is 0.950. The molecule has 0 aromatic rings. The molecule has 1 saturated heterocycles. The Morgan fingerprint density at radius 1 is 1.20 bits per heavy atom. The highest BCUT2D eigenvalue weighted by molar-refractivity contribution is 6.21. The number of hydrogen-bond donors (Lipinski definition) is 1. The zero-order valence-electron chi connectivity index (χ0n) is 16.1. The Morgan fingerprint density at radius 2 is 1.88 bits per heavy atom. The van der Waals surface area contributed by atoms with Gasteiger partial charge >= 0.3 is 0 Å². The average Bonchev–Trinajstić information content (AvgIpc) is 2.56. The third-order valence-corrected chi connectivity index (χ3v) is 6.81. The zero-order chi connectivity index (χ0) is 18.4. The van der Waals surface area contributed by atoms with E-state index in [0.717, 1.165) is 37.5 Å². The van der Waals surface area contributed by atoms with Crippen LogP contribution in [-0.4, -0.2) is 47.8 Å². The molecule has 2 fully saturated rings.